The van der Waals surface area contributed by atoms with Gasteiger partial charge in [-0.25, -0.2) is 0 Å². The van der Waals surface area contributed by atoms with Crippen molar-refractivity contribution in [2.24, 2.45) is 11.7 Å². The summed E-state index contributed by atoms with van der Waals surface area (Å²) in [5.74, 6) is 0.231. The molecule has 0 radical (unpaired) electrons. The van der Waals surface area contributed by atoms with Gasteiger partial charge in [-0.1, -0.05) is 43.0 Å². The van der Waals surface area contributed by atoms with E-state index in [4.69, 9.17) is 17.3 Å². The van der Waals surface area contributed by atoms with Crippen molar-refractivity contribution < 1.29 is 13.2 Å². The van der Waals surface area contributed by atoms with Crippen molar-refractivity contribution in [2.45, 2.75) is 44.3 Å². The van der Waals surface area contributed by atoms with Gasteiger partial charge in [0.15, 0.2) is 0 Å². The Labute approximate surface area is 115 Å². The molecule has 1 fully saturated rings. The van der Waals surface area contributed by atoms with Crippen LogP contribution in [0.4, 0.5) is 13.2 Å². The van der Waals surface area contributed by atoms with Crippen molar-refractivity contribution in [3.63, 3.8) is 0 Å². The number of hydrogen-bond donors (Lipinski definition) is 1. The molecule has 0 saturated heterocycles. The monoisotopic (exact) mass is 291 g/mol. The van der Waals surface area contributed by atoms with Gasteiger partial charge in [0, 0.05) is 6.04 Å². The normalized spacial score (nSPS) is 19.4. The molecule has 1 atom stereocenters. The van der Waals surface area contributed by atoms with Crippen LogP contribution in [0.3, 0.4) is 0 Å². The molecule has 0 aromatic heterocycles. The van der Waals surface area contributed by atoms with Gasteiger partial charge in [-0.3, -0.25) is 0 Å². The Hall–Kier alpha value is -0.740. The lowest BCUT2D eigenvalue weighted by Crippen LogP contribution is -2.24. The first-order valence-corrected chi connectivity index (χ1v) is 6.90. The molecule has 1 aliphatic carbocycles. The molecule has 0 bridgehead atoms. The molecular formula is C14H17ClF3N. The Bertz CT molecular complexity index is 439. The first-order chi connectivity index (χ1) is 8.91. The zero-order valence-corrected chi connectivity index (χ0v) is 11.3. The summed E-state index contributed by atoms with van der Waals surface area (Å²) in [6.45, 7) is 0. The molecule has 0 spiro atoms. The van der Waals surface area contributed by atoms with Crippen LogP contribution in [0, 0.1) is 5.92 Å². The molecule has 106 valence electrons. The molecule has 1 aliphatic rings. The van der Waals surface area contributed by atoms with Gasteiger partial charge < -0.3 is 5.73 Å². The molecule has 19 heavy (non-hydrogen) atoms. The largest absolute Gasteiger partial charge is 0.417 e. The van der Waals surface area contributed by atoms with E-state index in [1.165, 1.54) is 12.5 Å². The number of rotatable bonds is 2. The van der Waals surface area contributed by atoms with Gasteiger partial charge >= 0.3 is 6.18 Å². The van der Waals surface area contributed by atoms with Gasteiger partial charge in [-0.15, -0.1) is 0 Å². The van der Waals surface area contributed by atoms with Crippen molar-refractivity contribution >= 4 is 11.6 Å². The van der Waals surface area contributed by atoms with E-state index in [2.05, 4.69) is 0 Å². The fraction of sp³-hybridized carbons (Fsp3) is 0.571. The van der Waals surface area contributed by atoms with Crippen LogP contribution in [0.15, 0.2) is 18.2 Å². The average Bonchev–Trinajstić information content (AvgIpc) is 2.38. The second-order valence-corrected chi connectivity index (χ2v) is 5.51. The van der Waals surface area contributed by atoms with Crippen LogP contribution in [0.5, 0.6) is 0 Å². The van der Waals surface area contributed by atoms with Crippen molar-refractivity contribution in [3.05, 3.63) is 34.3 Å². The lowest BCUT2D eigenvalue weighted by Gasteiger charge is -2.28. The van der Waals surface area contributed by atoms with Crippen molar-refractivity contribution in [1.29, 1.82) is 0 Å². The van der Waals surface area contributed by atoms with Crippen molar-refractivity contribution in [3.8, 4) is 0 Å². The predicted molar refractivity (Wildman–Crippen MR) is 70.0 cm³/mol. The topological polar surface area (TPSA) is 26.0 Å². The Morgan fingerprint density at radius 1 is 1.16 bits per heavy atom. The fourth-order valence-corrected chi connectivity index (χ4v) is 3.13. The zero-order chi connectivity index (χ0) is 14.0. The summed E-state index contributed by atoms with van der Waals surface area (Å²) in [7, 11) is 0. The van der Waals surface area contributed by atoms with E-state index in [1.807, 2.05) is 0 Å². The third-order valence-corrected chi connectivity index (χ3v) is 4.27. The second kappa shape index (κ2) is 5.71. The number of halogens is 4. The predicted octanol–water partition coefficient (Wildman–Crippen LogP) is 4.94. The minimum atomic E-state index is -4.43. The molecule has 1 saturated carbocycles. The van der Waals surface area contributed by atoms with E-state index in [1.54, 1.807) is 6.07 Å². The summed E-state index contributed by atoms with van der Waals surface area (Å²) in [6.07, 6.45) is 0.865. The minimum Gasteiger partial charge on any atom is -0.324 e. The van der Waals surface area contributed by atoms with E-state index >= 15 is 0 Å². The summed E-state index contributed by atoms with van der Waals surface area (Å²) in [5.41, 5.74) is 5.76. The molecule has 0 aliphatic heterocycles. The van der Waals surface area contributed by atoms with Crippen LogP contribution in [0.2, 0.25) is 5.02 Å². The molecule has 2 N–H and O–H groups in total. The Kier molecular flexibility index (Phi) is 4.41. The van der Waals surface area contributed by atoms with E-state index in [9.17, 15) is 13.2 Å². The maximum absolute atomic E-state index is 12.8. The molecule has 2 rings (SSSR count). The van der Waals surface area contributed by atoms with Crippen LogP contribution in [-0.2, 0) is 6.18 Å². The van der Waals surface area contributed by atoms with Crippen LogP contribution < -0.4 is 5.73 Å². The third kappa shape index (κ3) is 3.23. The molecule has 1 aromatic carbocycles. The summed E-state index contributed by atoms with van der Waals surface area (Å²) in [4.78, 5) is 0. The quantitative estimate of drug-likeness (QED) is 0.820. The van der Waals surface area contributed by atoms with Gasteiger partial charge in [0.2, 0.25) is 0 Å². The van der Waals surface area contributed by atoms with Crippen LogP contribution >= 0.6 is 11.6 Å². The van der Waals surface area contributed by atoms with Crippen LogP contribution in [0.1, 0.15) is 49.3 Å². The summed E-state index contributed by atoms with van der Waals surface area (Å²) >= 11 is 5.91. The highest BCUT2D eigenvalue weighted by Crippen LogP contribution is 2.41. The van der Waals surface area contributed by atoms with E-state index in [0.29, 0.717) is 5.56 Å². The van der Waals surface area contributed by atoms with Crippen LogP contribution in [0.25, 0.3) is 0 Å². The number of nitrogens with two attached hydrogens (primary N) is 1. The van der Waals surface area contributed by atoms with E-state index in [-0.39, 0.29) is 10.9 Å². The molecule has 1 nitrogen and oxygen atoms in total. The number of alkyl halides is 3. The summed E-state index contributed by atoms with van der Waals surface area (Å²) in [5, 5.41) is -0.243. The van der Waals surface area contributed by atoms with Gasteiger partial charge in [0.25, 0.3) is 0 Å². The molecule has 0 amide bonds. The van der Waals surface area contributed by atoms with Gasteiger partial charge in [-0.2, -0.15) is 13.2 Å². The Morgan fingerprint density at radius 2 is 1.79 bits per heavy atom. The van der Waals surface area contributed by atoms with Crippen molar-refractivity contribution in [2.75, 3.05) is 0 Å². The van der Waals surface area contributed by atoms with Gasteiger partial charge in [0.05, 0.1) is 10.6 Å². The standard InChI is InChI=1S/C14H17ClF3N/c15-12-10(7-4-8-11(12)14(16,17)18)13(19)9-5-2-1-3-6-9/h4,7-9,13H,1-3,5-6,19H2/t13-/m1/s1. The number of benzene rings is 1. The smallest absolute Gasteiger partial charge is 0.324 e. The van der Waals surface area contributed by atoms with E-state index in [0.717, 1.165) is 31.7 Å². The third-order valence-electron chi connectivity index (χ3n) is 3.85. The maximum atomic E-state index is 12.8. The second-order valence-electron chi connectivity index (χ2n) is 5.13. The van der Waals surface area contributed by atoms with Crippen molar-refractivity contribution in [1.82, 2.24) is 0 Å². The zero-order valence-electron chi connectivity index (χ0n) is 10.5. The molecule has 0 unspecified atom stereocenters. The van der Waals surface area contributed by atoms with Crippen LogP contribution in [-0.4, -0.2) is 0 Å². The number of hydrogen-bond acceptors (Lipinski definition) is 1. The summed E-state index contributed by atoms with van der Waals surface area (Å²) < 4.78 is 38.4. The molecule has 5 heteroatoms. The van der Waals surface area contributed by atoms with Gasteiger partial charge in [-0.05, 0) is 30.4 Å². The fourth-order valence-electron chi connectivity index (χ4n) is 2.77. The summed E-state index contributed by atoms with van der Waals surface area (Å²) in [6, 6.07) is 3.58. The highest BCUT2D eigenvalue weighted by molar-refractivity contribution is 6.32. The van der Waals surface area contributed by atoms with E-state index < -0.39 is 17.8 Å². The molecular weight excluding hydrogens is 275 g/mol. The van der Waals surface area contributed by atoms with Gasteiger partial charge in [0.1, 0.15) is 0 Å². The average molecular weight is 292 g/mol. The highest BCUT2D eigenvalue weighted by atomic mass is 35.5. The lowest BCUT2D eigenvalue weighted by atomic mass is 9.81. The lowest BCUT2D eigenvalue weighted by molar-refractivity contribution is -0.137. The SMILES string of the molecule is N[C@@H](c1cccc(C(F)(F)F)c1Cl)C1CCCCC1. The Morgan fingerprint density at radius 3 is 2.37 bits per heavy atom. The minimum absolute atomic E-state index is 0.231. The maximum Gasteiger partial charge on any atom is 0.417 e. The molecule has 1 aromatic rings. The first kappa shape index (κ1) is 14.7. The highest BCUT2D eigenvalue weighted by Gasteiger charge is 2.35. The molecule has 0 heterocycles. The first-order valence-electron chi connectivity index (χ1n) is 6.52. The Balaban J connectivity index is 2.29.